The van der Waals surface area contributed by atoms with Crippen LogP contribution in [0.3, 0.4) is 0 Å². The Labute approximate surface area is 178 Å². The van der Waals surface area contributed by atoms with Gasteiger partial charge in [-0.05, 0) is 25.7 Å². The number of carbonyl (C=O) groups excluding carboxylic acids is 2. The number of aliphatic carboxylic acids is 1. The summed E-state index contributed by atoms with van der Waals surface area (Å²) in [4.78, 5) is 63.3. The number of nitrogens with one attached hydrogen (secondary N) is 1. The van der Waals surface area contributed by atoms with Gasteiger partial charge in [0.15, 0.2) is 5.56 Å². The summed E-state index contributed by atoms with van der Waals surface area (Å²) in [5, 5.41) is 21.8. The molecular weight excluding hydrogens is 408 g/mol. The second kappa shape index (κ2) is 9.36. The Kier molecular flexibility index (Phi) is 6.81. The first kappa shape index (κ1) is 22.6. The average molecular weight is 436 g/mol. The third-order valence-electron chi connectivity index (χ3n) is 6.07. The van der Waals surface area contributed by atoms with Crippen molar-refractivity contribution in [1.82, 2.24) is 19.4 Å². The number of rotatable bonds is 5. The third kappa shape index (κ3) is 4.64. The smallest absolute Gasteiger partial charge is 0.334 e. The van der Waals surface area contributed by atoms with Gasteiger partial charge in [0.2, 0.25) is 11.8 Å². The van der Waals surface area contributed by atoms with E-state index in [0.717, 1.165) is 28.4 Å². The molecule has 1 aromatic rings. The first-order valence-electron chi connectivity index (χ1n) is 10.6. The van der Waals surface area contributed by atoms with Crippen LogP contribution in [0.5, 0.6) is 5.88 Å². The molecule has 0 aromatic carbocycles. The highest BCUT2D eigenvalue weighted by atomic mass is 16.4. The number of carboxylic acid groups (broad SMARTS) is 1. The number of likely N-dealkylation sites (tertiary alicyclic amines) is 1. The molecule has 1 aromatic heterocycles. The molecule has 170 valence electrons. The molecule has 31 heavy (non-hydrogen) atoms. The van der Waals surface area contributed by atoms with E-state index in [1.807, 2.05) is 0 Å². The van der Waals surface area contributed by atoms with Gasteiger partial charge in [0.1, 0.15) is 6.54 Å². The Morgan fingerprint density at radius 1 is 1.00 bits per heavy atom. The van der Waals surface area contributed by atoms with Gasteiger partial charge in [0.25, 0.3) is 11.5 Å². The van der Waals surface area contributed by atoms with Crippen molar-refractivity contribution in [2.75, 3.05) is 19.6 Å². The Hall–Kier alpha value is -3.11. The van der Waals surface area contributed by atoms with E-state index in [2.05, 4.69) is 5.32 Å². The third-order valence-corrected chi connectivity index (χ3v) is 6.07. The number of piperidine rings is 1. The van der Waals surface area contributed by atoms with Gasteiger partial charge in [0.05, 0.1) is 6.04 Å². The summed E-state index contributed by atoms with van der Waals surface area (Å²) in [5.41, 5.74) is -2.28. The molecule has 2 amide bonds. The molecule has 1 unspecified atom stereocenters. The molecule has 3 N–H and O–H groups in total. The predicted octanol–water partition coefficient (Wildman–Crippen LogP) is 0.219. The van der Waals surface area contributed by atoms with Gasteiger partial charge in [-0.1, -0.05) is 19.3 Å². The van der Waals surface area contributed by atoms with Crippen molar-refractivity contribution in [2.45, 2.75) is 64.0 Å². The molecule has 1 saturated carbocycles. The molecule has 0 radical (unpaired) electrons. The fourth-order valence-electron chi connectivity index (χ4n) is 4.51. The Morgan fingerprint density at radius 3 is 2.26 bits per heavy atom. The Morgan fingerprint density at radius 2 is 1.65 bits per heavy atom. The van der Waals surface area contributed by atoms with Gasteiger partial charge in [0, 0.05) is 26.1 Å². The summed E-state index contributed by atoms with van der Waals surface area (Å²) in [7, 11) is 0. The van der Waals surface area contributed by atoms with Crippen molar-refractivity contribution in [3.63, 3.8) is 0 Å². The maximum Gasteiger partial charge on any atom is 0.334 e. The quantitative estimate of drug-likeness (QED) is 0.597. The maximum absolute atomic E-state index is 13.4. The summed E-state index contributed by atoms with van der Waals surface area (Å²) in [6.45, 7) is 1.37. The molecule has 1 aliphatic carbocycles. The molecule has 11 heteroatoms. The van der Waals surface area contributed by atoms with Crippen LogP contribution >= 0.6 is 0 Å². The maximum atomic E-state index is 13.4. The second-order valence-corrected chi connectivity index (χ2v) is 8.16. The highest BCUT2D eigenvalue weighted by Crippen LogP contribution is 2.29. The lowest BCUT2D eigenvalue weighted by Gasteiger charge is -2.34. The molecule has 0 bridgehead atoms. The average Bonchev–Trinajstić information content (AvgIpc) is 2.73. The lowest BCUT2D eigenvalue weighted by Crippen LogP contribution is -2.50. The molecule has 2 fully saturated rings. The number of aromatic nitrogens is 2. The van der Waals surface area contributed by atoms with Crippen molar-refractivity contribution in [1.29, 1.82) is 0 Å². The normalized spacial score (nSPS) is 19.8. The minimum Gasteiger partial charge on any atom is -0.494 e. The van der Waals surface area contributed by atoms with Crippen LogP contribution in [0.2, 0.25) is 0 Å². The number of carboxylic acids is 1. The fraction of sp³-hybridized carbons (Fsp3) is 0.650. The summed E-state index contributed by atoms with van der Waals surface area (Å²) >= 11 is 0. The highest BCUT2D eigenvalue weighted by molar-refractivity contribution is 5.97. The number of nitrogens with zero attached hydrogens (tertiary/aromatic N) is 3. The van der Waals surface area contributed by atoms with E-state index < -0.39 is 53.2 Å². The molecule has 0 spiro atoms. The zero-order valence-corrected chi connectivity index (χ0v) is 17.5. The van der Waals surface area contributed by atoms with Crippen molar-refractivity contribution < 1.29 is 24.6 Å². The van der Waals surface area contributed by atoms with E-state index in [1.54, 1.807) is 4.90 Å². The minimum atomic E-state index is -1.31. The van der Waals surface area contributed by atoms with Crippen molar-refractivity contribution >= 4 is 17.8 Å². The fourth-order valence-corrected chi connectivity index (χ4v) is 4.51. The van der Waals surface area contributed by atoms with E-state index in [1.165, 1.54) is 6.92 Å². The van der Waals surface area contributed by atoms with Crippen LogP contribution in [-0.4, -0.2) is 61.7 Å². The molecule has 11 nitrogen and oxygen atoms in total. The van der Waals surface area contributed by atoms with Crippen LogP contribution in [0.15, 0.2) is 9.59 Å². The van der Waals surface area contributed by atoms with Crippen LogP contribution in [0.1, 0.15) is 74.3 Å². The van der Waals surface area contributed by atoms with E-state index in [4.69, 9.17) is 5.11 Å². The van der Waals surface area contributed by atoms with E-state index in [9.17, 15) is 29.1 Å². The van der Waals surface area contributed by atoms with E-state index >= 15 is 0 Å². The molecule has 1 aliphatic heterocycles. The summed E-state index contributed by atoms with van der Waals surface area (Å²) in [6, 6.07) is -1.01. The van der Waals surface area contributed by atoms with E-state index in [0.29, 0.717) is 32.2 Å². The summed E-state index contributed by atoms with van der Waals surface area (Å²) in [6.07, 6.45) is 4.93. The SMILES string of the molecule is CC(=O)N1CCCC(n2c(O)c(C(=O)NCC(=O)O)c(=O)n(C3CCCCC3)c2=O)C1. The van der Waals surface area contributed by atoms with Crippen molar-refractivity contribution in [2.24, 2.45) is 0 Å². The lowest BCUT2D eigenvalue weighted by molar-refractivity contribution is -0.135. The standard InChI is InChI=1S/C20H28N4O7/c1-12(25)22-9-5-8-14(11-22)24-19(30)16(17(28)21-10-15(26)27)18(29)23(20(24)31)13-6-3-2-4-7-13/h13-14,30H,2-11H2,1H3,(H,21,28)(H,26,27). The number of aromatic hydroxyl groups is 1. The summed E-state index contributed by atoms with van der Waals surface area (Å²) in [5.74, 6) is -3.32. The Balaban J connectivity index is 2.14. The van der Waals surface area contributed by atoms with Gasteiger partial charge in [-0.25, -0.2) is 4.79 Å². The van der Waals surface area contributed by atoms with Crippen LogP contribution < -0.4 is 16.6 Å². The second-order valence-electron chi connectivity index (χ2n) is 8.16. The number of amides is 2. The van der Waals surface area contributed by atoms with Crippen molar-refractivity contribution in [3.05, 3.63) is 26.4 Å². The zero-order chi connectivity index (χ0) is 22.7. The molecular formula is C20H28N4O7. The predicted molar refractivity (Wildman–Crippen MR) is 109 cm³/mol. The van der Waals surface area contributed by atoms with Gasteiger partial charge in [-0.15, -0.1) is 0 Å². The van der Waals surface area contributed by atoms with Gasteiger partial charge < -0.3 is 20.4 Å². The van der Waals surface area contributed by atoms with E-state index in [-0.39, 0.29) is 12.5 Å². The molecule has 1 atom stereocenters. The van der Waals surface area contributed by atoms with Crippen LogP contribution in [-0.2, 0) is 9.59 Å². The Bertz CT molecular complexity index is 990. The number of hydrogen-bond acceptors (Lipinski definition) is 6. The number of carbonyl (C=O) groups is 3. The highest BCUT2D eigenvalue weighted by Gasteiger charge is 2.33. The lowest BCUT2D eigenvalue weighted by atomic mass is 9.95. The van der Waals surface area contributed by atoms with Crippen molar-refractivity contribution in [3.8, 4) is 5.88 Å². The molecule has 2 aliphatic rings. The van der Waals surface area contributed by atoms with Crippen LogP contribution in [0.25, 0.3) is 0 Å². The minimum absolute atomic E-state index is 0.169. The van der Waals surface area contributed by atoms with Crippen LogP contribution in [0, 0.1) is 0 Å². The van der Waals surface area contributed by atoms with Gasteiger partial charge in [-0.2, -0.15) is 0 Å². The van der Waals surface area contributed by atoms with Crippen LogP contribution in [0.4, 0.5) is 0 Å². The summed E-state index contributed by atoms with van der Waals surface area (Å²) < 4.78 is 2.06. The van der Waals surface area contributed by atoms with Gasteiger partial charge >= 0.3 is 11.7 Å². The molecule has 2 heterocycles. The molecule has 1 saturated heterocycles. The first-order valence-corrected chi connectivity index (χ1v) is 10.6. The topological polar surface area (TPSA) is 151 Å². The number of hydrogen-bond donors (Lipinski definition) is 3. The monoisotopic (exact) mass is 436 g/mol. The molecule has 3 rings (SSSR count). The zero-order valence-electron chi connectivity index (χ0n) is 17.5. The van der Waals surface area contributed by atoms with Gasteiger partial charge in [-0.3, -0.25) is 28.3 Å². The first-order chi connectivity index (χ1) is 14.7. The largest absolute Gasteiger partial charge is 0.494 e.